The molecule has 1 aliphatic heterocycles. The molecule has 0 unspecified atom stereocenters. The summed E-state index contributed by atoms with van der Waals surface area (Å²) >= 11 is 0. The quantitative estimate of drug-likeness (QED) is 0.251. The molecule has 0 amide bonds. The maximum Gasteiger partial charge on any atom is 0.338 e. The van der Waals surface area contributed by atoms with Crippen molar-refractivity contribution in [2.75, 3.05) is 6.61 Å². The Kier molecular flexibility index (Phi) is 5.71. The molecular weight excluding hydrogens is 411 g/mol. The standard InChI is InChI=1S/C29H24O2P/c30-29-27(21-23-13-5-1-6-14-23)28(22-31-29)32(24-15-7-2-8-16-24,25-17-9-3-10-18-25)26-19-11-4-12-20-26/h1-21,28H,22H2/q+1/b27-21+/t28-/m0/s1. The maximum atomic E-state index is 13.1. The van der Waals surface area contributed by atoms with Gasteiger partial charge in [-0.3, -0.25) is 0 Å². The van der Waals surface area contributed by atoms with Crippen molar-refractivity contribution in [1.29, 1.82) is 0 Å². The van der Waals surface area contributed by atoms with E-state index in [1.165, 1.54) is 15.9 Å². The summed E-state index contributed by atoms with van der Waals surface area (Å²) in [5.41, 5.74) is 1.70. The Morgan fingerprint density at radius 3 is 1.47 bits per heavy atom. The molecule has 1 heterocycles. The number of rotatable bonds is 5. The summed E-state index contributed by atoms with van der Waals surface area (Å²) in [6, 6.07) is 42.0. The Bertz CT molecular complexity index is 1120. The van der Waals surface area contributed by atoms with Crippen LogP contribution in [0.3, 0.4) is 0 Å². The van der Waals surface area contributed by atoms with Crippen molar-refractivity contribution in [2.24, 2.45) is 0 Å². The SMILES string of the molecule is O=C1OC[C@H]([P+](c2ccccc2)(c2ccccc2)c2ccccc2)/C1=C\c1ccccc1. The number of hydrogen-bond donors (Lipinski definition) is 0. The van der Waals surface area contributed by atoms with Crippen molar-refractivity contribution in [2.45, 2.75) is 5.66 Å². The topological polar surface area (TPSA) is 26.3 Å². The van der Waals surface area contributed by atoms with E-state index in [4.69, 9.17) is 4.74 Å². The number of benzene rings is 4. The largest absolute Gasteiger partial charge is 0.458 e. The summed E-state index contributed by atoms with van der Waals surface area (Å²) in [5.74, 6) is -0.217. The van der Waals surface area contributed by atoms with Crippen LogP contribution in [-0.2, 0) is 9.53 Å². The first-order valence-electron chi connectivity index (χ1n) is 10.8. The van der Waals surface area contributed by atoms with Crippen LogP contribution < -0.4 is 15.9 Å². The van der Waals surface area contributed by atoms with Crippen LogP contribution in [0.4, 0.5) is 0 Å². The molecule has 1 fully saturated rings. The van der Waals surface area contributed by atoms with Gasteiger partial charge in [-0.25, -0.2) is 4.79 Å². The first-order valence-corrected chi connectivity index (χ1v) is 12.7. The van der Waals surface area contributed by atoms with Gasteiger partial charge in [0.15, 0.2) is 0 Å². The van der Waals surface area contributed by atoms with E-state index < -0.39 is 7.26 Å². The van der Waals surface area contributed by atoms with Gasteiger partial charge in [-0.05, 0) is 48.0 Å². The number of carbonyl (C=O) groups is 1. The minimum Gasteiger partial charge on any atom is -0.458 e. The molecule has 0 spiro atoms. The summed E-state index contributed by atoms with van der Waals surface area (Å²) in [4.78, 5) is 13.1. The summed E-state index contributed by atoms with van der Waals surface area (Å²) in [6.07, 6.45) is 2.02. The molecule has 5 rings (SSSR count). The van der Waals surface area contributed by atoms with Crippen molar-refractivity contribution < 1.29 is 9.53 Å². The van der Waals surface area contributed by atoms with E-state index in [-0.39, 0.29) is 11.6 Å². The van der Waals surface area contributed by atoms with E-state index in [1.807, 2.05) is 54.6 Å². The molecule has 4 aromatic rings. The third-order valence-corrected chi connectivity index (χ3v) is 10.7. The Balaban J connectivity index is 1.82. The second-order valence-electron chi connectivity index (χ2n) is 7.85. The Morgan fingerprint density at radius 1 is 0.625 bits per heavy atom. The lowest BCUT2D eigenvalue weighted by molar-refractivity contribution is -0.134. The third-order valence-electron chi connectivity index (χ3n) is 6.05. The zero-order valence-corrected chi connectivity index (χ0v) is 18.6. The molecule has 1 aliphatic rings. The van der Waals surface area contributed by atoms with Gasteiger partial charge in [0.25, 0.3) is 0 Å². The molecule has 0 bridgehead atoms. The van der Waals surface area contributed by atoms with E-state index >= 15 is 0 Å². The molecule has 1 saturated heterocycles. The average Bonchev–Trinajstić information content (AvgIpc) is 3.22. The van der Waals surface area contributed by atoms with Crippen molar-refractivity contribution in [3.8, 4) is 0 Å². The zero-order chi connectivity index (χ0) is 21.8. The van der Waals surface area contributed by atoms with Gasteiger partial charge in [0.05, 0.1) is 5.57 Å². The summed E-state index contributed by atoms with van der Waals surface area (Å²) in [7, 11) is -2.25. The molecule has 0 aromatic heterocycles. The highest BCUT2D eigenvalue weighted by molar-refractivity contribution is 7.96. The summed E-state index contributed by atoms with van der Waals surface area (Å²) < 4.78 is 5.74. The lowest BCUT2D eigenvalue weighted by Crippen LogP contribution is -2.40. The van der Waals surface area contributed by atoms with E-state index in [0.29, 0.717) is 6.61 Å². The molecule has 2 nitrogen and oxygen atoms in total. The molecule has 156 valence electrons. The van der Waals surface area contributed by atoms with Crippen LogP contribution in [0, 0.1) is 0 Å². The third kappa shape index (κ3) is 3.57. The number of cyclic esters (lactones) is 1. The van der Waals surface area contributed by atoms with Crippen LogP contribution in [-0.4, -0.2) is 18.2 Å². The molecule has 3 heteroatoms. The Hall–Kier alpha value is -3.48. The molecule has 0 aliphatic carbocycles. The van der Waals surface area contributed by atoms with E-state index in [9.17, 15) is 4.79 Å². The summed E-state index contributed by atoms with van der Waals surface area (Å²) in [6.45, 7) is 0.379. The van der Waals surface area contributed by atoms with Gasteiger partial charge in [-0.2, -0.15) is 0 Å². The fourth-order valence-electron chi connectivity index (χ4n) is 4.64. The predicted octanol–water partition coefficient (Wildman–Crippen LogP) is 4.99. The lowest BCUT2D eigenvalue weighted by Gasteiger charge is -2.32. The monoisotopic (exact) mass is 435 g/mol. The smallest absolute Gasteiger partial charge is 0.338 e. The molecule has 32 heavy (non-hydrogen) atoms. The molecule has 0 radical (unpaired) electrons. The van der Waals surface area contributed by atoms with Gasteiger partial charge in [0.2, 0.25) is 0 Å². The van der Waals surface area contributed by atoms with Gasteiger partial charge in [0, 0.05) is 0 Å². The van der Waals surface area contributed by atoms with Crippen molar-refractivity contribution in [1.82, 2.24) is 0 Å². The minimum atomic E-state index is -2.25. The van der Waals surface area contributed by atoms with E-state index in [2.05, 4.69) is 72.8 Å². The molecule has 0 N–H and O–H groups in total. The molecule has 0 saturated carbocycles. The second kappa shape index (κ2) is 8.94. The van der Waals surface area contributed by atoms with Gasteiger partial charge in [-0.1, -0.05) is 84.9 Å². The van der Waals surface area contributed by atoms with E-state index in [1.54, 1.807) is 0 Å². The van der Waals surface area contributed by atoms with Crippen LogP contribution in [0.5, 0.6) is 0 Å². The Labute approximate surface area is 189 Å². The normalized spacial score (nSPS) is 17.3. The molecular formula is C29H24O2P+. The predicted molar refractivity (Wildman–Crippen MR) is 134 cm³/mol. The van der Waals surface area contributed by atoms with Crippen LogP contribution >= 0.6 is 7.26 Å². The number of hydrogen-bond acceptors (Lipinski definition) is 2. The van der Waals surface area contributed by atoms with Gasteiger partial charge in [0.1, 0.15) is 35.4 Å². The fourth-order valence-corrected chi connectivity index (χ4v) is 9.44. The van der Waals surface area contributed by atoms with Crippen molar-refractivity contribution in [3.63, 3.8) is 0 Å². The van der Waals surface area contributed by atoms with Gasteiger partial charge < -0.3 is 4.74 Å². The average molecular weight is 435 g/mol. The molecule has 4 aromatic carbocycles. The highest BCUT2D eigenvalue weighted by Crippen LogP contribution is 2.63. The summed E-state index contributed by atoms with van der Waals surface area (Å²) in [5, 5.41) is 3.75. The first kappa shape index (κ1) is 20.4. The number of esters is 1. The second-order valence-corrected chi connectivity index (χ2v) is 11.5. The van der Waals surface area contributed by atoms with Crippen LogP contribution in [0.15, 0.2) is 127 Å². The number of carbonyl (C=O) groups excluding carboxylic acids is 1. The highest BCUT2D eigenvalue weighted by Gasteiger charge is 2.58. The first-order chi connectivity index (χ1) is 15.8. The zero-order valence-electron chi connectivity index (χ0n) is 17.7. The van der Waals surface area contributed by atoms with Gasteiger partial charge >= 0.3 is 5.97 Å². The van der Waals surface area contributed by atoms with Gasteiger partial charge in [-0.15, -0.1) is 0 Å². The van der Waals surface area contributed by atoms with Crippen LogP contribution in [0.1, 0.15) is 5.56 Å². The molecule has 1 atom stereocenters. The Morgan fingerprint density at radius 2 is 1.03 bits per heavy atom. The number of ether oxygens (including phenoxy) is 1. The van der Waals surface area contributed by atoms with Crippen LogP contribution in [0.2, 0.25) is 0 Å². The van der Waals surface area contributed by atoms with Crippen molar-refractivity contribution in [3.05, 3.63) is 132 Å². The highest BCUT2D eigenvalue weighted by atomic mass is 31.2. The van der Waals surface area contributed by atoms with Crippen LogP contribution in [0.25, 0.3) is 6.08 Å². The fraction of sp³-hybridized carbons (Fsp3) is 0.0690. The minimum absolute atomic E-state index is 0.0672. The van der Waals surface area contributed by atoms with E-state index in [0.717, 1.165) is 11.1 Å². The maximum absolute atomic E-state index is 13.1. The van der Waals surface area contributed by atoms with Crippen molar-refractivity contribution >= 4 is 35.2 Å². The lowest BCUT2D eigenvalue weighted by atomic mass is 10.1.